The van der Waals surface area contributed by atoms with Crippen molar-refractivity contribution in [3.05, 3.63) is 0 Å². The predicted molar refractivity (Wildman–Crippen MR) is 82.3 cm³/mol. The molecule has 1 aliphatic rings. The second-order valence-corrected chi connectivity index (χ2v) is 6.18. The van der Waals surface area contributed by atoms with E-state index in [0.717, 1.165) is 26.1 Å². The molecule has 1 heterocycles. The molecule has 0 aliphatic carbocycles. The predicted octanol–water partition coefficient (Wildman–Crippen LogP) is 1.47. The molecule has 0 radical (unpaired) electrons. The molecule has 0 aromatic heterocycles. The number of nitrogens with zero attached hydrogens (tertiary/aromatic N) is 2. The second-order valence-electron chi connectivity index (χ2n) is 6.18. The van der Waals surface area contributed by atoms with E-state index in [4.69, 9.17) is 5.11 Å². The summed E-state index contributed by atoms with van der Waals surface area (Å²) in [4.78, 5) is 27.4. The zero-order chi connectivity index (χ0) is 15.8. The number of carboxylic acid groups (broad SMARTS) is 1. The lowest BCUT2D eigenvalue weighted by Crippen LogP contribution is -2.52. The summed E-state index contributed by atoms with van der Waals surface area (Å²) in [5, 5.41) is 11.9. The van der Waals surface area contributed by atoms with E-state index in [1.54, 1.807) is 4.90 Å². The zero-order valence-corrected chi connectivity index (χ0v) is 13.5. The molecule has 0 bridgehead atoms. The molecule has 1 fully saturated rings. The maximum absolute atomic E-state index is 12.1. The number of aliphatic carboxylic acids is 1. The van der Waals surface area contributed by atoms with Crippen molar-refractivity contribution in [2.45, 2.75) is 33.6 Å². The van der Waals surface area contributed by atoms with Crippen molar-refractivity contribution in [2.24, 2.45) is 11.8 Å². The van der Waals surface area contributed by atoms with Gasteiger partial charge in [0.1, 0.15) is 0 Å². The molecule has 1 aliphatic heterocycles. The highest BCUT2D eigenvalue weighted by molar-refractivity contribution is 5.76. The monoisotopic (exact) mass is 299 g/mol. The van der Waals surface area contributed by atoms with Crippen LogP contribution < -0.4 is 5.32 Å². The molecule has 0 spiro atoms. The SMILES string of the molecule is CCCN1CCN(C(=O)NCC(CC(C)C)C(=O)O)CC1. The standard InChI is InChI=1S/C15H29N3O3/c1-4-5-17-6-8-18(9-7-17)15(21)16-11-13(14(19)20)10-12(2)3/h12-13H,4-11H2,1-3H3,(H,16,21)(H,19,20). The highest BCUT2D eigenvalue weighted by Gasteiger charge is 2.23. The summed E-state index contributed by atoms with van der Waals surface area (Å²) in [6, 6.07) is -0.138. The van der Waals surface area contributed by atoms with Gasteiger partial charge in [-0.3, -0.25) is 9.69 Å². The lowest BCUT2D eigenvalue weighted by molar-refractivity contribution is -0.142. The number of hydrogen-bond donors (Lipinski definition) is 2. The Labute approximate surface area is 127 Å². The Morgan fingerprint density at radius 2 is 1.81 bits per heavy atom. The van der Waals surface area contributed by atoms with Gasteiger partial charge in [-0.2, -0.15) is 0 Å². The summed E-state index contributed by atoms with van der Waals surface area (Å²) in [6.07, 6.45) is 1.71. The van der Waals surface area contributed by atoms with Crippen LogP contribution in [0.5, 0.6) is 0 Å². The molecular formula is C15H29N3O3. The van der Waals surface area contributed by atoms with Gasteiger partial charge in [0, 0.05) is 32.7 Å². The highest BCUT2D eigenvalue weighted by Crippen LogP contribution is 2.11. The van der Waals surface area contributed by atoms with Crippen LogP contribution in [0.2, 0.25) is 0 Å². The molecule has 6 nitrogen and oxygen atoms in total. The number of nitrogens with one attached hydrogen (secondary N) is 1. The zero-order valence-electron chi connectivity index (χ0n) is 13.5. The number of carboxylic acids is 1. The number of carbonyl (C=O) groups is 2. The third-order valence-corrected chi connectivity index (χ3v) is 3.80. The summed E-state index contributed by atoms with van der Waals surface area (Å²) < 4.78 is 0. The molecule has 1 saturated heterocycles. The van der Waals surface area contributed by atoms with Crippen LogP contribution >= 0.6 is 0 Å². The minimum Gasteiger partial charge on any atom is -0.481 e. The molecule has 122 valence electrons. The van der Waals surface area contributed by atoms with Crippen LogP contribution in [-0.2, 0) is 4.79 Å². The van der Waals surface area contributed by atoms with Crippen molar-refractivity contribution < 1.29 is 14.7 Å². The van der Waals surface area contributed by atoms with Gasteiger partial charge in [0.2, 0.25) is 0 Å². The van der Waals surface area contributed by atoms with Crippen LogP contribution in [0, 0.1) is 11.8 Å². The first kappa shape index (κ1) is 17.8. The van der Waals surface area contributed by atoms with E-state index in [9.17, 15) is 9.59 Å². The Balaban J connectivity index is 2.34. The van der Waals surface area contributed by atoms with Gasteiger partial charge in [-0.1, -0.05) is 20.8 Å². The molecule has 0 saturated carbocycles. The lowest BCUT2D eigenvalue weighted by atomic mass is 9.97. The van der Waals surface area contributed by atoms with E-state index in [1.807, 2.05) is 13.8 Å². The fourth-order valence-electron chi connectivity index (χ4n) is 2.65. The van der Waals surface area contributed by atoms with Gasteiger partial charge in [0.25, 0.3) is 0 Å². The van der Waals surface area contributed by atoms with Gasteiger partial charge < -0.3 is 15.3 Å². The molecule has 0 aromatic rings. The van der Waals surface area contributed by atoms with Crippen molar-refractivity contribution in [3.63, 3.8) is 0 Å². The van der Waals surface area contributed by atoms with E-state index < -0.39 is 11.9 Å². The number of rotatable bonds is 7. The van der Waals surface area contributed by atoms with Crippen LogP contribution in [-0.4, -0.2) is 66.2 Å². The normalized spacial score (nSPS) is 17.8. The molecule has 6 heteroatoms. The van der Waals surface area contributed by atoms with Gasteiger partial charge >= 0.3 is 12.0 Å². The molecule has 21 heavy (non-hydrogen) atoms. The lowest BCUT2D eigenvalue weighted by Gasteiger charge is -2.34. The third kappa shape index (κ3) is 6.33. The van der Waals surface area contributed by atoms with Crippen molar-refractivity contribution in [1.29, 1.82) is 0 Å². The van der Waals surface area contributed by atoms with Crippen molar-refractivity contribution >= 4 is 12.0 Å². The van der Waals surface area contributed by atoms with Crippen LogP contribution in [0.4, 0.5) is 4.79 Å². The number of urea groups is 1. The Kier molecular flexibility index (Phi) is 7.50. The third-order valence-electron chi connectivity index (χ3n) is 3.80. The Hall–Kier alpha value is -1.30. The molecule has 0 aromatic carbocycles. The maximum Gasteiger partial charge on any atom is 0.317 e. The van der Waals surface area contributed by atoms with Crippen molar-refractivity contribution in [2.75, 3.05) is 39.3 Å². The Morgan fingerprint density at radius 3 is 2.29 bits per heavy atom. The molecule has 1 atom stereocenters. The van der Waals surface area contributed by atoms with Gasteiger partial charge in [-0.15, -0.1) is 0 Å². The van der Waals surface area contributed by atoms with Gasteiger partial charge in [0.05, 0.1) is 5.92 Å². The minimum absolute atomic E-state index is 0.138. The summed E-state index contributed by atoms with van der Waals surface area (Å²) in [7, 11) is 0. The summed E-state index contributed by atoms with van der Waals surface area (Å²) in [5.74, 6) is -1.03. The average molecular weight is 299 g/mol. The van der Waals surface area contributed by atoms with E-state index >= 15 is 0 Å². The van der Waals surface area contributed by atoms with Crippen molar-refractivity contribution in [1.82, 2.24) is 15.1 Å². The van der Waals surface area contributed by atoms with Crippen LogP contribution in [0.1, 0.15) is 33.6 Å². The first-order valence-corrected chi connectivity index (χ1v) is 7.92. The molecule has 1 rings (SSSR count). The van der Waals surface area contributed by atoms with Crippen LogP contribution in [0.25, 0.3) is 0 Å². The van der Waals surface area contributed by atoms with Crippen molar-refractivity contribution in [3.8, 4) is 0 Å². The number of hydrogen-bond acceptors (Lipinski definition) is 3. The molecule has 2 amide bonds. The maximum atomic E-state index is 12.1. The van der Waals surface area contributed by atoms with Gasteiger partial charge in [0.15, 0.2) is 0 Å². The minimum atomic E-state index is -0.836. The Morgan fingerprint density at radius 1 is 1.19 bits per heavy atom. The second kappa shape index (κ2) is 8.87. The smallest absolute Gasteiger partial charge is 0.317 e. The van der Waals surface area contributed by atoms with E-state index in [-0.39, 0.29) is 12.6 Å². The van der Waals surface area contributed by atoms with Gasteiger partial charge in [-0.05, 0) is 25.3 Å². The van der Waals surface area contributed by atoms with E-state index in [1.165, 1.54) is 0 Å². The summed E-state index contributed by atoms with van der Waals surface area (Å²) in [6.45, 7) is 10.6. The molecule has 1 unspecified atom stereocenters. The summed E-state index contributed by atoms with van der Waals surface area (Å²) in [5.41, 5.74) is 0. The first-order valence-electron chi connectivity index (χ1n) is 7.92. The fourth-order valence-corrected chi connectivity index (χ4v) is 2.65. The fraction of sp³-hybridized carbons (Fsp3) is 0.867. The van der Waals surface area contributed by atoms with Crippen LogP contribution in [0.15, 0.2) is 0 Å². The Bertz CT molecular complexity index is 339. The quantitative estimate of drug-likeness (QED) is 0.746. The van der Waals surface area contributed by atoms with E-state index in [2.05, 4.69) is 17.1 Å². The number of amides is 2. The first-order chi connectivity index (χ1) is 9.93. The highest BCUT2D eigenvalue weighted by atomic mass is 16.4. The number of piperazine rings is 1. The molecular weight excluding hydrogens is 270 g/mol. The summed E-state index contributed by atoms with van der Waals surface area (Å²) >= 11 is 0. The average Bonchev–Trinajstić information content (AvgIpc) is 2.43. The largest absolute Gasteiger partial charge is 0.481 e. The number of carbonyl (C=O) groups excluding carboxylic acids is 1. The topological polar surface area (TPSA) is 72.9 Å². The molecule has 2 N–H and O–H groups in total. The van der Waals surface area contributed by atoms with Crippen LogP contribution in [0.3, 0.4) is 0 Å². The van der Waals surface area contributed by atoms with Gasteiger partial charge in [-0.25, -0.2) is 4.79 Å². The van der Waals surface area contributed by atoms with E-state index in [0.29, 0.717) is 25.4 Å².